The highest BCUT2D eigenvalue weighted by Gasteiger charge is 2.37. The Kier molecular flexibility index (Phi) is 6.22. The minimum Gasteiger partial charge on any atom is -0.466 e. The molecule has 0 radical (unpaired) electrons. The fraction of sp³-hybridized carbons (Fsp3) is 0.611. The van der Waals surface area contributed by atoms with Crippen LogP contribution in [-0.4, -0.2) is 44.4 Å². The second kappa shape index (κ2) is 8.25. The zero-order valence-corrected chi connectivity index (χ0v) is 16.4. The molecule has 1 heterocycles. The second-order valence-corrected chi connectivity index (χ2v) is 9.10. The van der Waals surface area contributed by atoms with Crippen LogP contribution >= 0.6 is 11.6 Å². The highest BCUT2D eigenvalue weighted by atomic mass is 35.5. The van der Waals surface area contributed by atoms with Crippen LogP contribution in [0.5, 0.6) is 0 Å². The van der Waals surface area contributed by atoms with Crippen molar-refractivity contribution in [3.8, 4) is 0 Å². The van der Waals surface area contributed by atoms with E-state index in [1.165, 1.54) is 9.87 Å². The molecular formula is C18H25ClN2O4S. The zero-order valence-electron chi connectivity index (χ0n) is 14.9. The van der Waals surface area contributed by atoms with Gasteiger partial charge in [-0.3, -0.25) is 4.79 Å². The lowest BCUT2D eigenvalue weighted by molar-refractivity contribution is -0.149. The van der Waals surface area contributed by atoms with Gasteiger partial charge in [0.2, 0.25) is 0 Å². The fourth-order valence-electron chi connectivity index (χ4n) is 3.60. The van der Waals surface area contributed by atoms with Gasteiger partial charge in [0.25, 0.3) is 10.2 Å². The maximum atomic E-state index is 12.6. The number of esters is 1. The monoisotopic (exact) mass is 400 g/mol. The molecule has 1 aromatic rings. The standard InChI is InChI=1S/C18H25ClN2O4S/c1-2-25-18(22)14-7-9-21(10-8-14)26(23,24)20-17-11-15(12-17)13-3-5-16(19)6-4-13/h3-6,14-15,17,20H,2,7-12H2,1H3. The number of nitrogens with zero attached hydrogens (tertiary/aromatic N) is 1. The molecule has 144 valence electrons. The highest BCUT2D eigenvalue weighted by Crippen LogP contribution is 2.37. The Balaban J connectivity index is 1.47. The van der Waals surface area contributed by atoms with Crippen LogP contribution in [0.1, 0.15) is 44.1 Å². The average Bonchev–Trinajstić information content (AvgIpc) is 2.59. The predicted octanol–water partition coefficient (Wildman–Crippen LogP) is 2.70. The van der Waals surface area contributed by atoms with Gasteiger partial charge in [0, 0.05) is 24.2 Å². The van der Waals surface area contributed by atoms with Crippen LogP contribution in [0.4, 0.5) is 0 Å². The molecule has 2 fully saturated rings. The van der Waals surface area contributed by atoms with E-state index in [0.29, 0.717) is 43.5 Å². The normalized spacial score (nSPS) is 24.8. The van der Waals surface area contributed by atoms with Gasteiger partial charge in [0.05, 0.1) is 12.5 Å². The number of nitrogens with one attached hydrogen (secondary N) is 1. The van der Waals surface area contributed by atoms with Gasteiger partial charge in [-0.2, -0.15) is 17.4 Å². The Labute approximate surface area is 160 Å². The molecule has 0 unspecified atom stereocenters. The van der Waals surface area contributed by atoms with Crippen LogP contribution in [0.3, 0.4) is 0 Å². The van der Waals surface area contributed by atoms with E-state index in [4.69, 9.17) is 16.3 Å². The van der Waals surface area contributed by atoms with Gasteiger partial charge in [-0.05, 0) is 56.2 Å². The maximum absolute atomic E-state index is 12.6. The van der Waals surface area contributed by atoms with E-state index in [0.717, 1.165) is 12.8 Å². The number of hydrogen-bond acceptors (Lipinski definition) is 4. The number of piperidine rings is 1. The Morgan fingerprint density at radius 2 is 1.85 bits per heavy atom. The summed E-state index contributed by atoms with van der Waals surface area (Å²) in [5.74, 6) is -0.0452. The first-order chi connectivity index (χ1) is 12.4. The summed E-state index contributed by atoms with van der Waals surface area (Å²) in [5, 5.41) is 0.705. The van der Waals surface area contributed by atoms with E-state index < -0.39 is 10.2 Å². The molecule has 0 aromatic heterocycles. The summed E-state index contributed by atoms with van der Waals surface area (Å²) in [4.78, 5) is 11.8. The molecule has 1 saturated heterocycles. The zero-order chi connectivity index (χ0) is 18.7. The number of benzene rings is 1. The molecule has 0 amide bonds. The van der Waals surface area contributed by atoms with Crippen molar-refractivity contribution in [2.24, 2.45) is 5.92 Å². The van der Waals surface area contributed by atoms with Crippen LogP contribution in [0.2, 0.25) is 5.02 Å². The molecule has 2 aliphatic rings. The third-order valence-corrected chi connectivity index (χ3v) is 7.14. The summed E-state index contributed by atoms with van der Waals surface area (Å²) in [6, 6.07) is 7.68. The van der Waals surface area contributed by atoms with E-state index in [2.05, 4.69) is 4.72 Å². The summed E-state index contributed by atoms with van der Waals surface area (Å²) < 4.78 is 34.4. The molecule has 0 bridgehead atoms. The first-order valence-electron chi connectivity index (χ1n) is 9.08. The molecule has 1 aliphatic heterocycles. The molecular weight excluding hydrogens is 376 g/mol. The molecule has 1 aromatic carbocycles. The lowest BCUT2D eigenvalue weighted by Crippen LogP contribution is -2.51. The van der Waals surface area contributed by atoms with Crippen molar-refractivity contribution in [1.82, 2.24) is 9.03 Å². The molecule has 3 rings (SSSR count). The van der Waals surface area contributed by atoms with Crippen molar-refractivity contribution in [2.45, 2.75) is 44.6 Å². The van der Waals surface area contributed by atoms with Gasteiger partial charge in [-0.15, -0.1) is 0 Å². The smallest absolute Gasteiger partial charge is 0.309 e. The Bertz CT molecular complexity index is 724. The first-order valence-corrected chi connectivity index (χ1v) is 10.9. The number of carbonyl (C=O) groups is 1. The molecule has 1 N–H and O–H groups in total. The van der Waals surface area contributed by atoms with E-state index in [9.17, 15) is 13.2 Å². The molecule has 8 heteroatoms. The van der Waals surface area contributed by atoms with Gasteiger partial charge in [0.15, 0.2) is 0 Å². The molecule has 6 nitrogen and oxygen atoms in total. The van der Waals surface area contributed by atoms with Crippen molar-refractivity contribution in [3.05, 3.63) is 34.9 Å². The van der Waals surface area contributed by atoms with Crippen LogP contribution in [0.15, 0.2) is 24.3 Å². The average molecular weight is 401 g/mol. The quantitative estimate of drug-likeness (QED) is 0.745. The topological polar surface area (TPSA) is 75.7 Å². The predicted molar refractivity (Wildman–Crippen MR) is 100 cm³/mol. The van der Waals surface area contributed by atoms with Gasteiger partial charge in [0.1, 0.15) is 0 Å². The number of ether oxygens (including phenoxy) is 1. The SMILES string of the molecule is CCOC(=O)C1CCN(S(=O)(=O)NC2CC(c3ccc(Cl)cc3)C2)CC1. The minimum absolute atomic E-state index is 0.0385. The summed E-state index contributed by atoms with van der Waals surface area (Å²) in [5.41, 5.74) is 1.19. The Hall–Kier alpha value is -1.15. The van der Waals surface area contributed by atoms with Crippen LogP contribution in [0, 0.1) is 5.92 Å². The van der Waals surface area contributed by atoms with E-state index in [1.807, 2.05) is 24.3 Å². The van der Waals surface area contributed by atoms with Crippen molar-refractivity contribution >= 4 is 27.8 Å². The molecule has 26 heavy (non-hydrogen) atoms. The lowest BCUT2D eigenvalue weighted by Gasteiger charge is -2.38. The van der Waals surface area contributed by atoms with Crippen molar-refractivity contribution in [2.75, 3.05) is 19.7 Å². The molecule has 1 aliphatic carbocycles. The lowest BCUT2D eigenvalue weighted by atomic mass is 9.76. The summed E-state index contributed by atoms with van der Waals surface area (Å²) >= 11 is 5.90. The van der Waals surface area contributed by atoms with Crippen molar-refractivity contribution < 1.29 is 17.9 Å². The van der Waals surface area contributed by atoms with Gasteiger partial charge in [-0.1, -0.05) is 23.7 Å². The summed E-state index contributed by atoms with van der Waals surface area (Å²) in [6.45, 7) is 2.84. The maximum Gasteiger partial charge on any atom is 0.309 e. The molecule has 0 atom stereocenters. The number of rotatable bonds is 6. The fourth-order valence-corrected chi connectivity index (χ4v) is 5.18. The summed E-state index contributed by atoms with van der Waals surface area (Å²) in [7, 11) is -3.51. The van der Waals surface area contributed by atoms with Crippen LogP contribution < -0.4 is 4.72 Å². The molecule has 1 saturated carbocycles. The van der Waals surface area contributed by atoms with Crippen molar-refractivity contribution in [3.63, 3.8) is 0 Å². The van der Waals surface area contributed by atoms with Gasteiger partial charge < -0.3 is 4.74 Å². The van der Waals surface area contributed by atoms with Gasteiger partial charge in [-0.25, -0.2) is 0 Å². The van der Waals surface area contributed by atoms with Crippen LogP contribution in [0.25, 0.3) is 0 Å². The molecule has 0 spiro atoms. The third kappa shape index (κ3) is 4.57. The second-order valence-electron chi connectivity index (χ2n) is 6.97. The summed E-state index contributed by atoms with van der Waals surface area (Å²) in [6.07, 6.45) is 2.61. The number of carbonyl (C=O) groups excluding carboxylic acids is 1. The van der Waals surface area contributed by atoms with Crippen molar-refractivity contribution in [1.29, 1.82) is 0 Å². The van der Waals surface area contributed by atoms with E-state index in [1.54, 1.807) is 6.92 Å². The van der Waals surface area contributed by atoms with E-state index in [-0.39, 0.29) is 17.9 Å². The third-order valence-electron chi connectivity index (χ3n) is 5.21. The van der Waals surface area contributed by atoms with Crippen LogP contribution in [-0.2, 0) is 19.7 Å². The Morgan fingerprint density at radius 1 is 1.23 bits per heavy atom. The van der Waals surface area contributed by atoms with E-state index >= 15 is 0 Å². The Morgan fingerprint density at radius 3 is 2.42 bits per heavy atom. The first kappa shape index (κ1) is 19.6. The number of hydrogen-bond donors (Lipinski definition) is 1. The highest BCUT2D eigenvalue weighted by molar-refractivity contribution is 7.87. The van der Waals surface area contributed by atoms with Gasteiger partial charge >= 0.3 is 5.97 Å². The minimum atomic E-state index is -3.51. The largest absolute Gasteiger partial charge is 0.466 e. The number of halogens is 1.